The highest BCUT2D eigenvalue weighted by molar-refractivity contribution is 7.88. The van der Waals surface area contributed by atoms with E-state index >= 15 is 0 Å². The molecule has 1 unspecified atom stereocenters. The molecule has 1 fully saturated rings. The number of rotatable bonds is 8. The minimum Gasteiger partial charge on any atom is -0.493 e. The van der Waals surface area contributed by atoms with Crippen LogP contribution < -0.4 is 14.2 Å². The number of nitrogens with zero attached hydrogens (tertiary/aromatic N) is 1. The summed E-state index contributed by atoms with van der Waals surface area (Å²) < 4.78 is 36.2. The first kappa shape index (κ1) is 21.2. The molecule has 0 spiro atoms. The SMILES string of the molecule is C/C=C/c1ccc(OCC(=O)N2CCCCC2CNS(C)(=O)=O)c(OC)c1. The van der Waals surface area contributed by atoms with E-state index in [2.05, 4.69) is 4.72 Å². The van der Waals surface area contributed by atoms with Gasteiger partial charge in [-0.15, -0.1) is 0 Å². The average molecular weight is 397 g/mol. The number of hydrogen-bond donors (Lipinski definition) is 1. The van der Waals surface area contributed by atoms with E-state index < -0.39 is 10.0 Å². The Kier molecular flexibility index (Phi) is 7.67. The molecule has 0 radical (unpaired) electrons. The second-order valence-electron chi connectivity index (χ2n) is 6.56. The largest absolute Gasteiger partial charge is 0.493 e. The van der Waals surface area contributed by atoms with Gasteiger partial charge in [0.1, 0.15) is 0 Å². The molecule has 1 aliphatic heterocycles. The summed E-state index contributed by atoms with van der Waals surface area (Å²) in [4.78, 5) is 14.4. The summed E-state index contributed by atoms with van der Waals surface area (Å²) in [6.45, 7) is 2.65. The van der Waals surface area contributed by atoms with Crippen molar-refractivity contribution in [1.82, 2.24) is 9.62 Å². The topological polar surface area (TPSA) is 84.9 Å². The number of sulfonamides is 1. The Labute approximate surface area is 161 Å². The number of ether oxygens (including phenoxy) is 2. The number of nitrogens with one attached hydrogen (secondary N) is 1. The molecule has 1 saturated heterocycles. The lowest BCUT2D eigenvalue weighted by molar-refractivity contribution is -0.136. The van der Waals surface area contributed by atoms with Crippen molar-refractivity contribution >= 4 is 22.0 Å². The molecular formula is C19H28N2O5S. The van der Waals surface area contributed by atoms with Crippen molar-refractivity contribution in [1.29, 1.82) is 0 Å². The molecule has 1 aliphatic rings. The lowest BCUT2D eigenvalue weighted by atomic mass is 10.0. The van der Waals surface area contributed by atoms with Crippen LogP contribution in [-0.2, 0) is 14.8 Å². The Hall–Kier alpha value is -2.06. The van der Waals surface area contributed by atoms with Crippen LogP contribution >= 0.6 is 0 Å². The van der Waals surface area contributed by atoms with Crippen LogP contribution in [0.25, 0.3) is 6.08 Å². The molecular weight excluding hydrogens is 368 g/mol. The zero-order valence-electron chi connectivity index (χ0n) is 16.1. The van der Waals surface area contributed by atoms with Gasteiger partial charge >= 0.3 is 0 Å². The van der Waals surface area contributed by atoms with Gasteiger partial charge < -0.3 is 14.4 Å². The molecule has 150 valence electrons. The third-order valence-electron chi connectivity index (χ3n) is 4.43. The third kappa shape index (κ3) is 6.55. The quantitative estimate of drug-likeness (QED) is 0.727. The standard InChI is InChI=1S/C19H28N2O5S/c1-4-7-15-9-10-17(18(12-15)25-2)26-14-19(22)21-11-6-5-8-16(21)13-20-27(3,23)24/h4,7,9-10,12,16,20H,5-6,8,11,13-14H2,1-3H3/b7-4+. The Morgan fingerprint density at radius 3 is 2.78 bits per heavy atom. The Bertz CT molecular complexity index is 776. The number of allylic oxidation sites excluding steroid dienone is 1. The van der Waals surface area contributed by atoms with Crippen LogP contribution in [0.3, 0.4) is 0 Å². The summed E-state index contributed by atoms with van der Waals surface area (Å²) in [7, 11) is -1.73. The second kappa shape index (κ2) is 9.75. The maximum atomic E-state index is 12.6. The fourth-order valence-electron chi connectivity index (χ4n) is 3.11. The van der Waals surface area contributed by atoms with Gasteiger partial charge in [-0.2, -0.15) is 0 Å². The molecule has 7 nitrogen and oxygen atoms in total. The molecule has 1 N–H and O–H groups in total. The van der Waals surface area contributed by atoms with Gasteiger partial charge in [-0.25, -0.2) is 13.1 Å². The first-order chi connectivity index (χ1) is 12.8. The van der Waals surface area contributed by atoms with Crippen LogP contribution in [0.5, 0.6) is 11.5 Å². The predicted octanol–water partition coefficient (Wildman–Crippen LogP) is 2.04. The van der Waals surface area contributed by atoms with Crippen LogP contribution in [-0.4, -0.2) is 58.3 Å². The highest BCUT2D eigenvalue weighted by Crippen LogP contribution is 2.29. The predicted molar refractivity (Wildman–Crippen MR) is 105 cm³/mol. The van der Waals surface area contributed by atoms with E-state index in [0.717, 1.165) is 31.1 Å². The van der Waals surface area contributed by atoms with Gasteiger partial charge in [-0.1, -0.05) is 18.2 Å². The first-order valence-corrected chi connectivity index (χ1v) is 10.9. The monoisotopic (exact) mass is 396 g/mol. The highest BCUT2D eigenvalue weighted by Gasteiger charge is 2.27. The smallest absolute Gasteiger partial charge is 0.260 e. The lowest BCUT2D eigenvalue weighted by Crippen LogP contribution is -2.50. The fraction of sp³-hybridized carbons (Fsp3) is 0.526. The average Bonchev–Trinajstić information content (AvgIpc) is 2.64. The molecule has 1 aromatic carbocycles. The van der Waals surface area contributed by atoms with E-state index in [1.807, 2.05) is 31.2 Å². The lowest BCUT2D eigenvalue weighted by Gasteiger charge is -2.35. The summed E-state index contributed by atoms with van der Waals surface area (Å²) in [6.07, 6.45) is 7.65. The molecule has 27 heavy (non-hydrogen) atoms. The van der Waals surface area contributed by atoms with Gasteiger partial charge in [0.15, 0.2) is 18.1 Å². The van der Waals surface area contributed by atoms with E-state index in [1.165, 1.54) is 0 Å². The van der Waals surface area contributed by atoms with Crippen molar-refractivity contribution in [3.63, 3.8) is 0 Å². The number of hydrogen-bond acceptors (Lipinski definition) is 5. The molecule has 1 amide bonds. The number of carbonyl (C=O) groups is 1. The maximum absolute atomic E-state index is 12.6. The summed E-state index contributed by atoms with van der Waals surface area (Å²) in [5.74, 6) is 0.906. The van der Waals surface area contributed by atoms with E-state index in [1.54, 1.807) is 18.1 Å². The van der Waals surface area contributed by atoms with Crippen molar-refractivity contribution in [2.45, 2.75) is 32.2 Å². The van der Waals surface area contributed by atoms with Gasteiger partial charge in [0.2, 0.25) is 10.0 Å². The minimum absolute atomic E-state index is 0.116. The van der Waals surface area contributed by atoms with E-state index in [9.17, 15) is 13.2 Å². The van der Waals surface area contributed by atoms with Crippen LogP contribution in [0.15, 0.2) is 24.3 Å². The molecule has 1 atom stereocenters. The van der Waals surface area contributed by atoms with Gasteiger partial charge in [0.25, 0.3) is 5.91 Å². The van der Waals surface area contributed by atoms with Crippen molar-refractivity contribution in [2.75, 3.05) is 33.1 Å². The Morgan fingerprint density at radius 1 is 1.33 bits per heavy atom. The third-order valence-corrected chi connectivity index (χ3v) is 5.12. The summed E-state index contributed by atoms with van der Waals surface area (Å²) >= 11 is 0. The van der Waals surface area contributed by atoms with Crippen molar-refractivity contribution < 1.29 is 22.7 Å². The van der Waals surface area contributed by atoms with Gasteiger partial charge in [0.05, 0.1) is 13.4 Å². The molecule has 0 aromatic heterocycles. The fourth-order valence-corrected chi connectivity index (χ4v) is 3.61. The molecule has 1 heterocycles. The number of likely N-dealkylation sites (tertiary alicyclic amines) is 1. The molecule has 1 aromatic rings. The molecule has 0 saturated carbocycles. The van der Waals surface area contributed by atoms with Crippen molar-refractivity contribution in [3.05, 3.63) is 29.8 Å². The number of carbonyl (C=O) groups excluding carboxylic acids is 1. The summed E-state index contributed by atoms with van der Waals surface area (Å²) in [5.41, 5.74) is 0.982. The van der Waals surface area contributed by atoms with Gasteiger partial charge in [0, 0.05) is 19.1 Å². The number of benzene rings is 1. The highest BCUT2D eigenvalue weighted by atomic mass is 32.2. The Morgan fingerprint density at radius 2 is 2.11 bits per heavy atom. The summed E-state index contributed by atoms with van der Waals surface area (Å²) in [6, 6.07) is 5.37. The minimum atomic E-state index is -3.29. The van der Waals surface area contributed by atoms with Crippen LogP contribution in [0, 0.1) is 0 Å². The zero-order valence-corrected chi connectivity index (χ0v) is 16.9. The van der Waals surface area contributed by atoms with E-state index in [-0.39, 0.29) is 25.1 Å². The van der Waals surface area contributed by atoms with Gasteiger partial charge in [-0.3, -0.25) is 4.79 Å². The van der Waals surface area contributed by atoms with E-state index in [4.69, 9.17) is 9.47 Å². The van der Waals surface area contributed by atoms with Crippen molar-refractivity contribution in [2.24, 2.45) is 0 Å². The zero-order chi connectivity index (χ0) is 19.9. The first-order valence-electron chi connectivity index (χ1n) is 9.01. The number of piperidine rings is 1. The molecule has 8 heteroatoms. The molecule has 0 bridgehead atoms. The Balaban J connectivity index is 2.00. The van der Waals surface area contributed by atoms with Crippen molar-refractivity contribution in [3.8, 4) is 11.5 Å². The van der Waals surface area contributed by atoms with Gasteiger partial charge in [-0.05, 0) is 43.9 Å². The normalized spacial score (nSPS) is 17.9. The maximum Gasteiger partial charge on any atom is 0.260 e. The van der Waals surface area contributed by atoms with Crippen LogP contribution in [0.2, 0.25) is 0 Å². The number of amides is 1. The number of methoxy groups -OCH3 is 1. The molecule has 2 rings (SSSR count). The molecule has 0 aliphatic carbocycles. The van der Waals surface area contributed by atoms with Crippen LogP contribution in [0.1, 0.15) is 31.7 Å². The second-order valence-corrected chi connectivity index (χ2v) is 8.39. The van der Waals surface area contributed by atoms with Crippen LogP contribution in [0.4, 0.5) is 0 Å². The van der Waals surface area contributed by atoms with E-state index in [0.29, 0.717) is 18.0 Å². The summed E-state index contributed by atoms with van der Waals surface area (Å²) in [5, 5.41) is 0.